The minimum absolute atomic E-state index is 0.193. The second-order valence-electron chi connectivity index (χ2n) is 4.80. The number of carboxylic acid groups (broad SMARTS) is 1. The SMILES string of the molecule is CCC1CCC(NC(=O)N[C@H](C)C(=O)O)CC1. The molecule has 0 aliphatic heterocycles. The molecule has 1 atom stereocenters. The van der Waals surface area contributed by atoms with Crippen molar-refractivity contribution in [2.75, 3.05) is 0 Å². The molecule has 1 aliphatic carbocycles. The average Bonchev–Trinajstić information content (AvgIpc) is 2.29. The van der Waals surface area contributed by atoms with E-state index in [-0.39, 0.29) is 12.1 Å². The molecule has 17 heavy (non-hydrogen) atoms. The number of nitrogens with one attached hydrogen (secondary N) is 2. The Morgan fingerprint density at radius 2 is 1.88 bits per heavy atom. The minimum atomic E-state index is -1.02. The van der Waals surface area contributed by atoms with Gasteiger partial charge in [0.15, 0.2) is 0 Å². The van der Waals surface area contributed by atoms with Crippen LogP contribution >= 0.6 is 0 Å². The lowest BCUT2D eigenvalue weighted by molar-refractivity contribution is -0.138. The summed E-state index contributed by atoms with van der Waals surface area (Å²) in [5, 5.41) is 13.9. The van der Waals surface area contributed by atoms with E-state index in [2.05, 4.69) is 17.6 Å². The zero-order valence-electron chi connectivity index (χ0n) is 10.5. The zero-order valence-corrected chi connectivity index (χ0v) is 10.5. The number of urea groups is 1. The second-order valence-corrected chi connectivity index (χ2v) is 4.80. The third-order valence-electron chi connectivity index (χ3n) is 3.48. The lowest BCUT2D eigenvalue weighted by atomic mass is 9.85. The highest BCUT2D eigenvalue weighted by molar-refractivity contribution is 5.82. The first-order chi connectivity index (χ1) is 8.02. The third-order valence-corrected chi connectivity index (χ3v) is 3.48. The summed E-state index contributed by atoms with van der Waals surface area (Å²) in [5.41, 5.74) is 0. The van der Waals surface area contributed by atoms with E-state index >= 15 is 0 Å². The van der Waals surface area contributed by atoms with Crippen molar-refractivity contribution in [2.45, 2.75) is 58.0 Å². The lowest BCUT2D eigenvalue weighted by Gasteiger charge is -2.28. The number of carbonyl (C=O) groups is 2. The first kappa shape index (κ1) is 13.8. The average molecular weight is 242 g/mol. The number of carboxylic acids is 1. The molecular formula is C12H22N2O3. The van der Waals surface area contributed by atoms with Gasteiger partial charge in [-0.15, -0.1) is 0 Å². The first-order valence-corrected chi connectivity index (χ1v) is 6.32. The fraction of sp³-hybridized carbons (Fsp3) is 0.833. The van der Waals surface area contributed by atoms with E-state index in [1.165, 1.54) is 13.3 Å². The van der Waals surface area contributed by atoms with Crippen LogP contribution in [0.1, 0.15) is 46.0 Å². The van der Waals surface area contributed by atoms with Crippen LogP contribution in [-0.2, 0) is 4.79 Å². The van der Waals surface area contributed by atoms with Gasteiger partial charge in [0.2, 0.25) is 0 Å². The Kier molecular flexibility index (Phi) is 5.25. The fourth-order valence-corrected chi connectivity index (χ4v) is 2.20. The van der Waals surface area contributed by atoms with Gasteiger partial charge in [-0.2, -0.15) is 0 Å². The van der Waals surface area contributed by atoms with Crippen LogP contribution in [0.3, 0.4) is 0 Å². The molecule has 0 spiro atoms. The molecule has 0 saturated heterocycles. The highest BCUT2D eigenvalue weighted by atomic mass is 16.4. The van der Waals surface area contributed by atoms with E-state index < -0.39 is 12.0 Å². The number of rotatable bonds is 4. The summed E-state index contributed by atoms with van der Waals surface area (Å²) in [5.74, 6) is -0.233. The van der Waals surface area contributed by atoms with Gasteiger partial charge in [-0.05, 0) is 38.5 Å². The smallest absolute Gasteiger partial charge is 0.325 e. The molecule has 5 nitrogen and oxygen atoms in total. The molecule has 0 radical (unpaired) electrons. The van der Waals surface area contributed by atoms with Crippen LogP contribution in [0, 0.1) is 5.92 Å². The van der Waals surface area contributed by atoms with E-state index in [1.807, 2.05) is 0 Å². The Hall–Kier alpha value is -1.26. The largest absolute Gasteiger partial charge is 0.480 e. The maximum atomic E-state index is 11.5. The van der Waals surface area contributed by atoms with Gasteiger partial charge in [0.05, 0.1) is 0 Å². The third kappa shape index (κ3) is 4.63. The van der Waals surface area contributed by atoms with Crippen LogP contribution in [0.15, 0.2) is 0 Å². The molecule has 0 heterocycles. The molecule has 2 amide bonds. The zero-order chi connectivity index (χ0) is 12.8. The van der Waals surface area contributed by atoms with Crippen LogP contribution in [0.25, 0.3) is 0 Å². The number of aliphatic carboxylic acids is 1. The van der Waals surface area contributed by atoms with Crippen LogP contribution < -0.4 is 10.6 Å². The summed E-state index contributed by atoms with van der Waals surface area (Å²) >= 11 is 0. The topological polar surface area (TPSA) is 78.4 Å². The Labute approximate surface area is 102 Å². The van der Waals surface area contributed by atoms with Crippen molar-refractivity contribution in [1.82, 2.24) is 10.6 Å². The quantitative estimate of drug-likeness (QED) is 0.702. The van der Waals surface area contributed by atoms with Crippen molar-refractivity contribution in [1.29, 1.82) is 0 Å². The fourth-order valence-electron chi connectivity index (χ4n) is 2.20. The van der Waals surface area contributed by atoms with Crippen LogP contribution in [0.4, 0.5) is 4.79 Å². The lowest BCUT2D eigenvalue weighted by Crippen LogP contribution is -2.48. The Morgan fingerprint density at radius 3 is 2.35 bits per heavy atom. The van der Waals surface area contributed by atoms with Crippen molar-refractivity contribution in [3.05, 3.63) is 0 Å². The molecule has 1 fully saturated rings. The van der Waals surface area contributed by atoms with Gasteiger partial charge < -0.3 is 15.7 Å². The highest BCUT2D eigenvalue weighted by Gasteiger charge is 2.22. The maximum absolute atomic E-state index is 11.5. The van der Waals surface area contributed by atoms with Gasteiger partial charge in [-0.1, -0.05) is 13.3 Å². The molecular weight excluding hydrogens is 220 g/mol. The van der Waals surface area contributed by atoms with E-state index in [9.17, 15) is 9.59 Å². The van der Waals surface area contributed by atoms with E-state index in [1.54, 1.807) is 0 Å². The van der Waals surface area contributed by atoms with Gasteiger partial charge in [-0.25, -0.2) is 4.79 Å². The van der Waals surface area contributed by atoms with Gasteiger partial charge in [0.25, 0.3) is 0 Å². The van der Waals surface area contributed by atoms with Gasteiger partial charge in [0.1, 0.15) is 6.04 Å². The molecule has 1 rings (SSSR count). The molecule has 1 aliphatic rings. The van der Waals surface area contributed by atoms with Crippen molar-refractivity contribution < 1.29 is 14.7 Å². The first-order valence-electron chi connectivity index (χ1n) is 6.32. The Bertz CT molecular complexity index is 273. The van der Waals surface area contributed by atoms with Crippen LogP contribution in [0.2, 0.25) is 0 Å². The summed E-state index contributed by atoms with van der Waals surface area (Å²) < 4.78 is 0. The molecule has 0 aromatic rings. The molecule has 3 N–H and O–H groups in total. The Morgan fingerprint density at radius 1 is 1.29 bits per heavy atom. The number of hydrogen-bond acceptors (Lipinski definition) is 2. The van der Waals surface area contributed by atoms with Crippen molar-refractivity contribution in [2.24, 2.45) is 5.92 Å². The van der Waals surface area contributed by atoms with Crippen LogP contribution in [0.5, 0.6) is 0 Å². The van der Waals surface area contributed by atoms with Gasteiger partial charge in [-0.3, -0.25) is 4.79 Å². The summed E-state index contributed by atoms with van der Waals surface area (Å²) in [4.78, 5) is 22.1. The molecule has 1 saturated carbocycles. The number of hydrogen-bond donors (Lipinski definition) is 3. The monoisotopic (exact) mass is 242 g/mol. The van der Waals surface area contributed by atoms with Gasteiger partial charge in [0, 0.05) is 6.04 Å². The van der Waals surface area contributed by atoms with Crippen molar-refractivity contribution >= 4 is 12.0 Å². The normalized spacial score (nSPS) is 26.0. The van der Waals surface area contributed by atoms with Crippen LogP contribution in [-0.4, -0.2) is 29.2 Å². The molecule has 0 bridgehead atoms. The van der Waals surface area contributed by atoms with E-state index in [4.69, 9.17) is 5.11 Å². The van der Waals surface area contributed by atoms with E-state index in [0.29, 0.717) is 0 Å². The summed E-state index contributed by atoms with van der Waals surface area (Å²) in [6.45, 7) is 3.65. The van der Waals surface area contributed by atoms with Crippen molar-refractivity contribution in [3.63, 3.8) is 0 Å². The molecule has 0 unspecified atom stereocenters. The second kappa shape index (κ2) is 6.47. The summed E-state index contributed by atoms with van der Waals surface area (Å²) in [6.07, 6.45) is 5.49. The Balaban J connectivity index is 2.26. The number of carbonyl (C=O) groups excluding carboxylic acids is 1. The van der Waals surface area contributed by atoms with Gasteiger partial charge >= 0.3 is 12.0 Å². The molecule has 98 valence electrons. The standard InChI is InChI=1S/C12H22N2O3/c1-3-9-4-6-10(7-5-9)14-12(17)13-8(2)11(15)16/h8-10H,3-7H2,1-2H3,(H,15,16)(H2,13,14,17)/t8-,9?,10?/m1/s1. The highest BCUT2D eigenvalue weighted by Crippen LogP contribution is 2.26. The number of amides is 2. The summed E-state index contributed by atoms with van der Waals surface area (Å²) in [7, 11) is 0. The van der Waals surface area contributed by atoms with E-state index in [0.717, 1.165) is 31.6 Å². The summed E-state index contributed by atoms with van der Waals surface area (Å²) in [6, 6.07) is -1.03. The molecule has 0 aromatic heterocycles. The predicted octanol–water partition coefficient (Wildman–Crippen LogP) is 1.73. The predicted molar refractivity (Wildman–Crippen MR) is 64.8 cm³/mol. The maximum Gasteiger partial charge on any atom is 0.325 e. The molecule has 5 heteroatoms. The van der Waals surface area contributed by atoms with Crippen molar-refractivity contribution in [3.8, 4) is 0 Å². The minimum Gasteiger partial charge on any atom is -0.480 e. The molecule has 0 aromatic carbocycles.